The number of nitrogens with zero attached hydrogens (tertiary/aromatic N) is 1. The first kappa shape index (κ1) is 15.2. The van der Waals surface area contributed by atoms with E-state index in [0.717, 1.165) is 27.7 Å². The third kappa shape index (κ3) is 3.53. The molecule has 0 fully saturated rings. The van der Waals surface area contributed by atoms with Gasteiger partial charge < -0.3 is 4.98 Å². The number of nitrogens with one attached hydrogen (secondary N) is 1. The fourth-order valence-corrected chi connectivity index (χ4v) is 2.64. The van der Waals surface area contributed by atoms with Crippen molar-refractivity contribution in [2.75, 3.05) is 0 Å². The van der Waals surface area contributed by atoms with E-state index in [-0.39, 0.29) is 0 Å². The Morgan fingerprint density at radius 1 is 0.864 bits per heavy atom. The highest BCUT2D eigenvalue weighted by molar-refractivity contribution is 6.36. The summed E-state index contributed by atoms with van der Waals surface area (Å²) >= 11 is 18.0. The van der Waals surface area contributed by atoms with E-state index in [1.165, 1.54) is 0 Å². The highest BCUT2D eigenvalue weighted by atomic mass is 35.5. The molecular weight excluding hydrogens is 339 g/mol. The SMILES string of the molecule is Clc1ccc(/C=C/c2nc(-c3ccc(Cl)cc3Cl)c[nH]2)cc1. The molecule has 2 nitrogen and oxygen atoms in total. The average molecular weight is 350 g/mol. The van der Waals surface area contributed by atoms with Crippen molar-refractivity contribution in [3.63, 3.8) is 0 Å². The molecular formula is C17H11Cl3N2. The molecule has 0 unspecified atom stereocenters. The van der Waals surface area contributed by atoms with E-state index in [2.05, 4.69) is 9.97 Å². The number of halogens is 3. The largest absolute Gasteiger partial charge is 0.344 e. The summed E-state index contributed by atoms with van der Waals surface area (Å²) in [5.74, 6) is 0.746. The Kier molecular flexibility index (Phi) is 4.53. The summed E-state index contributed by atoms with van der Waals surface area (Å²) in [4.78, 5) is 7.62. The van der Waals surface area contributed by atoms with Gasteiger partial charge in [0.1, 0.15) is 5.82 Å². The Hall–Kier alpha value is -1.74. The summed E-state index contributed by atoms with van der Waals surface area (Å²) in [5, 5.41) is 1.90. The van der Waals surface area contributed by atoms with Crippen molar-refractivity contribution < 1.29 is 0 Å². The second-order valence-electron chi connectivity index (χ2n) is 4.68. The lowest BCUT2D eigenvalue weighted by Crippen LogP contribution is -1.80. The number of rotatable bonds is 3. The Labute approximate surface area is 143 Å². The van der Waals surface area contributed by atoms with Crippen LogP contribution in [-0.2, 0) is 0 Å². The monoisotopic (exact) mass is 348 g/mol. The molecule has 0 aliphatic heterocycles. The molecule has 0 aliphatic carbocycles. The van der Waals surface area contributed by atoms with Crippen LogP contribution >= 0.6 is 34.8 Å². The van der Waals surface area contributed by atoms with Gasteiger partial charge in [0, 0.05) is 21.8 Å². The Morgan fingerprint density at radius 3 is 2.32 bits per heavy atom. The van der Waals surface area contributed by atoms with E-state index in [1.54, 1.807) is 12.1 Å². The molecule has 0 saturated heterocycles. The van der Waals surface area contributed by atoms with Crippen molar-refractivity contribution in [2.45, 2.75) is 0 Å². The van der Waals surface area contributed by atoms with Crippen LogP contribution < -0.4 is 0 Å². The van der Waals surface area contributed by atoms with Crippen LogP contribution in [0.3, 0.4) is 0 Å². The maximum absolute atomic E-state index is 6.19. The summed E-state index contributed by atoms with van der Waals surface area (Å²) in [7, 11) is 0. The van der Waals surface area contributed by atoms with E-state index >= 15 is 0 Å². The molecule has 1 heterocycles. The van der Waals surface area contributed by atoms with Gasteiger partial charge >= 0.3 is 0 Å². The number of aromatic amines is 1. The van der Waals surface area contributed by atoms with Crippen molar-refractivity contribution in [1.82, 2.24) is 9.97 Å². The highest BCUT2D eigenvalue weighted by Crippen LogP contribution is 2.29. The minimum Gasteiger partial charge on any atom is -0.344 e. The van der Waals surface area contributed by atoms with Crippen LogP contribution in [0.25, 0.3) is 23.4 Å². The third-order valence-corrected chi connectivity index (χ3v) is 3.91. The van der Waals surface area contributed by atoms with E-state index < -0.39 is 0 Å². The molecule has 2 aromatic carbocycles. The predicted octanol–water partition coefficient (Wildman–Crippen LogP) is 6.21. The lowest BCUT2D eigenvalue weighted by Gasteiger charge is -2.00. The van der Waals surface area contributed by atoms with Gasteiger partial charge in [-0.3, -0.25) is 0 Å². The molecule has 0 saturated carbocycles. The second-order valence-corrected chi connectivity index (χ2v) is 5.96. The fourth-order valence-electron chi connectivity index (χ4n) is 2.01. The van der Waals surface area contributed by atoms with Crippen LogP contribution in [0.15, 0.2) is 48.7 Å². The summed E-state index contributed by atoms with van der Waals surface area (Å²) in [6.45, 7) is 0. The van der Waals surface area contributed by atoms with E-state index in [4.69, 9.17) is 34.8 Å². The zero-order chi connectivity index (χ0) is 15.5. The zero-order valence-corrected chi connectivity index (χ0v) is 13.6. The lowest BCUT2D eigenvalue weighted by atomic mass is 10.2. The smallest absolute Gasteiger partial charge is 0.130 e. The van der Waals surface area contributed by atoms with Gasteiger partial charge in [-0.25, -0.2) is 4.98 Å². The van der Waals surface area contributed by atoms with Crippen LogP contribution in [0.2, 0.25) is 15.1 Å². The summed E-state index contributed by atoms with van der Waals surface area (Å²) < 4.78 is 0. The first-order chi connectivity index (χ1) is 10.6. The van der Waals surface area contributed by atoms with Gasteiger partial charge in [0.15, 0.2) is 0 Å². The maximum atomic E-state index is 6.19. The van der Waals surface area contributed by atoms with Crippen molar-refractivity contribution in [1.29, 1.82) is 0 Å². The van der Waals surface area contributed by atoms with Crippen molar-refractivity contribution in [3.05, 3.63) is 75.1 Å². The quantitative estimate of drug-likeness (QED) is 0.598. The van der Waals surface area contributed by atoms with Gasteiger partial charge in [-0.1, -0.05) is 53.0 Å². The van der Waals surface area contributed by atoms with Gasteiger partial charge in [0.25, 0.3) is 0 Å². The normalized spacial score (nSPS) is 11.2. The van der Waals surface area contributed by atoms with Crippen molar-refractivity contribution >= 4 is 47.0 Å². The Bertz CT molecular complexity index is 820. The molecule has 1 N–H and O–H groups in total. The minimum absolute atomic E-state index is 0.576. The Balaban J connectivity index is 1.83. The van der Waals surface area contributed by atoms with Crippen molar-refractivity contribution in [3.8, 4) is 11.3 Å². The Morgan fingerprint density at radius 2 is 1.59 bits per heavy atom. The maximum Gasteiger partial charge on any atom is 0.130 e. The van der Waals surface area contributed by atoms with Gasteiger partial charge in [0.2, 0.25) is 0 Å². The number of aromatic nitrogens is 2. The molecule has 0 bridgehead atoms. The molecule has 0 amide bonds. The van der Waals surface area contributed by atoms with Gasteiger partial charge in [0.05, 0.1) is 10.7 Å². The summed E-state index contributed by atoms with van der Waals surface area (Å²) in [6.07, 6.45) is 5.68. The van der Waals surface area contributed by atoms with Crippen LogP contribution in [0, 0.1) is 0 Å². The summed E-state index contributed by atoms with van der Waals surface area (Å²) in [6, 6.07) is 12.9. The molecule has 0 atom stereocenters. The minimum atomic E-state index is 0.576. The van der Waals surface area contributed by atoms with E-state index in [0.29, 0.717) is 10.0 Å². The van der Waals surface area contributed by atoms with E-state index in [9.17, 15) is 0 Å². The topological polar surface area (TPSA) is 28.7 Å². The standard InChI is InChI=1S/C17H11Cl3N2/c18-12-4-1-11(2-5-12)3-8-17-21-10-16(22-17)14-7-6-13(19)9-15(14)20/h1-10H,(H,21,22)/b8-3+. The van der Waals surface area contributed by atoms with Gasteiger partial charge in [-0.2, -0.15) is 0 Å². The highest BCUT2D eigenvalue weighted by Gasteiger charge is 2.07. The number of hydrogen-bond acceptors (Lipinski definition) is 1. The van der Waals surface area contributed by atoms with Gasteiger partial charge in [-0.05, 0) is 42.0 Å². The molecule has 3 aromatic rings. The van der Waals surface area contributed by atoms with Crippen LogP contribution in [0.4, 0.5) is 0 Å². The van der Waals surface area contributed by atoms with Gasteiger partial charge in [-0.15, -0.1) is 0 Å². The lowest BCUT2D eigenvalue weighted by molar-refractivity contribution is 1.27. The van der Waals surface area contributed by atoms with Crippen LogP contribution in [0.1, 0.15) is 11.4 Å². The third-order valence-electron chi connectivity index (χ3n) is 3.11. The van der Waals surface area contributed by atoms with Crippen LogP contribution in [-0.4, -0.2) is 9.97 Å². The molecule has 0 spiro atoms. The number of hydrogen-bond donors (Lipinski definition) is 1. The van der Waals surface area contributed by atoms with E-state index in [1.807, 2.05) is 48.7 Å². The number of imidazole rings is 1. The second kappa shape index (κ2) is 6.57. The molecule has 0 radical (unpaired) electrons. The average Bonchev–Trinajstić information content (AvgIpc) is 2.95. The van der Waals surface area contributed by atoms with Crippen molar-refractivity contribution in [2.24, 2.45) is 0 Å². The first-order valence-corrected chi connectivity index (χ1v) is 7.70. The first-order valence-electron chi connectivity index (χ1n) is 6.56. The molecule has 1 aromatic heterocycles. The number of benzene rings is 2. The zero-order valence-electron chi connectivity index (χ0n) is 11.4. The molecule has 110 valence electrons. The fraction of sp³-hybridized carbons (Fsp3) is 0. The molecule has 3 rings (SSSR count). The molecule has 0 aliphatic rings. The summed E-state index contributed by atoms with van der Waals surface area (Å²) in [5.41, 5.74) is 2.66. The predicted molar refractivity (Wildman–Crippen MR) is 94.4 cm³/mol. The number of H-pyrrole nitrogens is 1. The molecule has 5 heteroatoms. The molecule has 22 heavy (non-hydrogen) atoms. The van der Waals surface area contributed by atoms with Crippen LogP contribution in [0.5, 0.6) is 0 Å².